The minimum absolute atomic E-state index is 0.686. The van der Waals surface area contributed by atoms with E-state index in [1.807, 2.05) is 0 Å². The predicted molar refractivity (Wildman–Crippen MR) is 54.5 cm³/mol. The van der Waals surface area contributed by atoms with Crippen molar-refractivity contribution in [2.45, 2.75) is 12.8 Å². The van der Waals surface area contributed by atoms with Gasteiger partial charge in [0, 0.05) is 13.1 Å². The third kappa shape index (κ3) is 1.56. The number of hydrogen-bond donors (Lipinski definition) is 1. The second-order valence-corrected chi connectivity index (χ2v) is 3.62. The molecule has 0 aliphatic carbocycles. The van der Waals surface area contributed by atoms with Crippen molar-refractivity contribution in [3.8, 4) is 0 Å². The van der Waals surface area contributed by atoms with E-state index in [1.165, 1.54) is 12.8 Å². The van der Waals surface area contributed by atoms with Gasteiger partial charge in [-0.25, -0.2) is 0 Å². The van der Waals surface area contributed by atoms with Crippen LogP contribution in [0, 0.1) is 0 Å². The Balaban J connectivity index is 2.24. The predicted octanol–water partition coefficient (Wildman–Crippen LogP) is 1.64. The van der Waals surface area contributed by atoms with Crippen molar-refractivity contribution in [1.29, 1.82) is 0 Å². The van der Waals surface area contributed by atoms with Gasteiger partial charge in [-0.3, -0.25) is 5.43 Å². The van der Waals surface area contributed by atoms with Gasteiger partial charge in [-0.1, -0.05) is 18.2 Å². The van der Waals surface area contributed by atoms with Crippen LogP contribution in [-0.2, 0) is 0 Å². The lowest BCUT2D eigenvalue weighted by Crippen LogP contribution is -2.25. The maximum Gasteiger partial charge on any atom is 0.0900 e. The Morgan fingerprint density at radius 1 is 1.46 bits per heavy atom. The summed E-state index contributed by atoms with van der Waals surface area (Å²) < 4.78 is 0. The highest BCUT2D eigenvalue weighted by molar-refractivity contribution is 6.33. The monoisotopic (exact) mass is 197 g/mol. The number of nitrogens with one attached hydrogen (secondary N) is 1. The average Bonchev–Trinajstić information content (AvgIpc) is 2.62. The minimum atomic E-state index is 0.686. The fraction of sp³-hybridized carbons (Fsp3) is 0.444. The number of likely N-dealkylation sites (tertiary alicyclic amines) is 1. The van der Waals surface area contributed by atoms with Crippen LogP contribution in [0.2, 0.25) is 0 Å². The smallest absolute Gasteiger partial charge is 0.0900 e. The van der Waals surface area contributed by atoms with Gasteiger partial charge in [0.05, 0.1) is 22.6 Å². The summed E-state index contributed by atoms with van der Waals surface area (Å²) in [5.41, 5.74) is 4.43. The lowest BCUT2D eigenvalue weighted by atomic mass is 10.3. The number of hydrogen-bond acceptors (Lipinski definition) is 3. The van der Waals surface area contributed by atoms with Gasteiger partial charge in [-0.2, -0.15) is 5.10 Å². The van der Waals surface area contributed by atoms with E-state index >= 15 is 0 Å². The molecule has 2 aliphatic rings. The van der Waals surface area contributed by atoms with Crippen LogP contribution >= 0.6 is 11.6 Å². The molecule has 1 saturated heterocycles. The molecule has 3 nitrogen and oxygen atoms in total. The fourth-order valence-corrected chi connectivity index (χ4v) is 1.82. The molecule has 0 radical (unpaired) electrons. The summed E-state index contributed by atoms with van der Waals surface area (Å²) in [6.07, 6.45) is 4.24. The zero-order chi connectivity index (χ0) is 9.26. The molecule has 13 heavy (non-hydrogen) atoms. The summed E-state index contributed by atoms with van der Waals surface area (Å²) in [5.74, 6) is 0. The van der Waals surface area contributed by atoms with Crippen LogP contribution in [0.4, 0.5) is 0 Å². The van der Waals surface area contributed by atoms with Crippen LogP contribution in [0.1, 0.15) is 12.8 Å². The van der Waals surface area contributed by atoms with Crippen LogP contribution in [0.15, 0.2) is 28.1 Å². The standard InChI is InChI=1S/C9H12ClN3/c1-7-9(10)8(6-11-12-7)13-4-2-3-5-13/h6,12H,1-5H2. The molecule has 0 aromatic carbocycles. The molecular formula is C9H12ClN3. The zero-order valence-corrected chi connectivity index (χ0v) is 8.14. The molecule has 0 aromatic rings. The maximum absolute atomic E-state index is 6.10. The molecule has 0 unspecified atom stereocenters. The van der Waals surface area contributed by atoms with E-state index in [0.29, 0.717) is 10.7 Å². The lowest BCUT2D eigenvalue weighted by Gasteiger charge is -2.23. The number of hydrazone groups is 1. The molecule has 0 amide bonds. The van der Waals surface area contributed by atoms with E-state index in [2.05, 4.69) is 22.0 Å². The SMILES string of the molecule is C=C1NN=CC(N2CCCC2)=C1Cl. The molecule has 0 atom stereocenters. The molecule has 2 heterocycles. The van der Waals surface area contributed by atoms with Crippen molar-refractivity contribution in [1.82, 2.24) is 10.3 Å². The largest absolute Gasteiger partial charge is 0.369 e. The van der Waals surface area contributed by atoms with E-state index < -0.39 is 0 Å². The van der Waals surface area contributed by atoms with Gasteiger partial charge in [0.1, 0.15) is 0 Å². The fourth-order valence-electron chi connectivity index (χ4n) is 1.61. The van der Waals surface area contributed by atoms with Gasteiger partial charge < -0.3 is 4.90 Å². The molecule has 0 saturated carbocycles. The van der Waals surface area contributed by atoms with Crippen molar-refractivity contribution < 1.29 is 0 Å². The third-order valence-electron chi connectivity index (χ3n) is 2.32. The van der Waals surface area contributed by atoms with Crippen LogP contribution < -0.4 is 5.43 Å². The molecule has 70 valence electrons. The molecule has 2 aliphatic heterocycles. The Hall–Kier alpha value is -0.960. The summed E-state index contributed by atoms with van der Waals surface area (Å²) in [4.78, 5) is 2.25. The first-order valence-corrected chi connectivity index (χ1v) is 4.80. The quantitative estimate of drug-likeness (QED) is 0.692. The highest BCUT2D eigenvalue weighted by Crippen LogP contribution is 2.23. The molecule has 0 bridgehead atoms. The Bertz CT molecular complexity index is 287. The third-order valence-corrected chi connectivity index (χ3v) is 2.74. The van der Waals surface area contributed by atoms with Crippen molar-refractivity contribution in [2.75, 3.05) is 13.1 Å². The summed E-state index contributed by atoms with van der Waals surface area (Å²) >= 11 is 6.10. The van der Waals surface area contributed by atoms with E-state index in [0.717, 1.165) is 18.8 Å². The van der Waals surface area contributed by atoms with Crippen molar-refractivity contribution in [3.05, 3.63) is 23.0 Å². The topological polar surface area (TPSA) is 27.6 Å². The van der Waals surface area contributed by atoms with Gasteiger partial charge in [0.2, 0.25) is 0 Å². The van der Waals surface area contributed by atoms with Crippen molar-refractivity contribution >= 4 is 17.8 Å². The van der Waals surface area contributed by atoms with Gasteiger partial charge in [-0.05, 0) is 12.8 Å². The van der Waals surface area contributed by atoms with Gasteiger partial charge in [0.25, 0.3) is 0 Å². The average molecular weight is 198 g/mol. The highest BCUT2D eigenvalue weighted by atomic mass is 35.5. The van der Waals surface area contributed by atoms with E-state index in [1.54, 1.807) is 6.21 Å². The lowest BCUT2D eigenvalue weighted by molar-refractivity contribution is 0.446. The summed E-state index contributed by atoms with van der Waals surface area (Å²) in [6.45, 7) is 5.92. The molecule has 1 fully saturated rings. The summed E-state index contributed by atoms with van der Waals surface area (Å²) in [6, 6.07) is 0. The second kappa shape index (κ2) is 3.42. The van der Waals surface area contributed by atoms with Crippen molar-refractivity contribution in [2.24, 2.45) is 5.10 Å². The molecule has 2 rings (SSSR count). The van der Waals surface area contributed by atoms with Crippen molar-refractivity contribution in [3.63, 3.8) is 0 Å². The van der Waals surface area contributed by atoms with E-state index in [9.17, 15) is 0 Å². The number of rotatable bonds is 1. The Labute approximate surface area is 82.7 Å². The Kier molecular flexibility index (Phi) is 2.27. The van der Waals surface area contributed by atoms with Gasteiger partial charge >= 0.3 is 0 Å². The van der Waals surface area contributed by atoms with Crippen LogP contribution in [0.25, 0.3) is 0 Å². The highest BCUT2D eigenvalue weighted by Gasteiger charge is 2.19. The first kappa shape index (κ1) is 8.63. The first-order valence-electron chi connectivity index (χ1n) is 4.42. The number of allylic oxidation sites excluding steroid dienone is 2. The Morgan fingerprint density at radius 2 is 2.15 bits per heavy atom. The molecule has 4 heteroatoms. The normalized spacial score (nSPS) is 22.5. The minimum Gasteiger partial charge on any atom is -0.369 e. The summed E-state index contributed by atoms with van der Waals surface area (Å²) in [5, 5.41) is 4.67. The van der Waals surface area contributed by atoms with E-state index in [4.69, 9.17) is 11.6 Å². The van der Waals surface area contributed by atoms with Crippen LogP contribution in [0.3, 0.4) is 0 Å². The molecular weight excluding hydrogens is 186 g/mol. The molecule has 0 spiro atoms. The molecule has 0 aromatic heterocycles. The number of halogens is 1. The number of nitrogens with zero attached hydrogens (tertiary/aromatic N) is 2. The maximum atomic E-state index is 6.10. The zero-order valence-electron chi connectivity index (χ0n) is 7.39. The van der Waals surface area contributed by atoms with E-state index in [-0.39, 0.29) is 0 Å². The first-order chi connectivity index (χ1) is 6.29. The second-order valence-electron chi connectivity index (χ2n) is 3.24. The molecule has 1 N–H and O–H groups in total. The Morgan fingerprint density at radius 3 is 2.85 bits per heavy atom. The summed E-state index contributed by atoms with van der Waals surface area (Å²) in [7, 11) is 0. The van der Waals surface area contributed by atoms with Crippen LogP contribution in [0.5, 0.6) is 0 Å². The van der Waals surface area contributed by atoms with Crippen LogP contribution in [-0.4, -0.2) is 24.2 Å². The van der Waals surface area contributed by atoms with Gasteiger partial charge in [-0.15, -0.1) is 0 Å². The van der Waals surface area contributed by atoms with Gasteiger partial charge in [0.15, 0.2) is 0 Å².